The van der Waals surface area contributed by atoms with Crippen molar-refractivity contribution < 1.29 is 4.74 Å². The number of hydrogen-bond acceptors (Lipinski definition) is 2. The van der Waals surface area contributed by atoms with Crippen molar-refractivity contribution in [2.24, 2.45) is 0 Å². The molecule has 0 spiro atoms. The van der Waals surface area contributed by atoms with Crippen LogP contribution in [0.2, 0.25) is 0 Å². The van der Waals surface area contributed by atoms with E-state index in [1.807, 2.05) is 6.07 Å². The molecule has 0 saturated carbocycles. The summed E-state index contributed by atoms with van der Waals surface area (Å²) in [6, 6.07) is 10.5. The minimum absolute atomic E-state index is 0.0868. The fourth-order valence-corrected chi connectivity index (χ4v) is 1.43. The lowest BCUT2D eigenvalue weighted by molar-refractivity contribution is 0.165. The Hall–Kier alpha value is -0.470. The van der Waals surface area contributed by atoms with Gasteiger partial charge in [-0.25, -0.2) is 0 Å². The summed E-state index contributed by atoms with van der Waals surface area (Å²) in [5.41, 5.74) is 1.47. The summed E-state index contributed by atoms with van der Waals surface area (Å²) in [5.74, 6) is 0. The van der Waals surface area contributed by atoms with Crippen LogP contribution in [0.25, 0.3) is 0 Å². The summed E-state index contributed by atoms with van der Waals surface area (Å²) < 4.78 is 5.05. The van der Waals surface area contributed by atoms with Gasteiger partial charge < -0.3 is 4.74 Å². The average molecular weight is 196 g/mol. The van der Waals surface area contributed by atoms with Crippen LogP contribution in [0.1, 0.15) is 18.4 Å². The second kappa shape index (κ2) is 6.06. The molecule has 0 fully saturated rings. The Morgan fingerprint density at radius 2 is 2.00 bits per heavy atom. The average Bonchev–Trinajstić information content (AvgIpc) is 2.19. The standard InChI is InChI=1S/C11H16OS/c1-12-11(13)9-5-8-10-6-3-2-4-7-10/h2-4,6-7,11,13H,5,8-9H2,1H3. The maximum absolute atomic E-state index is 5.05. The molecule has 0 aliphatic carbocycles. The predicted molar refractivity (Wildman–Crippen MR) is 59.2 cm³/mol. The molecule has 0 bridgehead atoms. The third-order valence-electron chi connectivity index (χ3n) is 2.03. The molecule has 0 radical (unpaired) electrons. The van der Waals surface area contributed by atoms with Crippen molar-refractivity contribution >= 4 is 12.6 Å². The van der Waals surface area contributed by atoms with Gasteiger partial charge in [-0.1, -0.05) is 30.3 Å². The highest BCUT2D eigenvalue weighted by atomic mass is 32.1. The zero-order chi connectivity index (χ0) is 9.52. The van der Waals surface area contributed by atoms with Crippen molar-refractivity contribution in [2.75, 3.05) is 7.11 Å². The van der Waals surface area contributed by atoms with Crippen LogP contribution in [0, 0.1) is 0 Å². The van der Waals surface area contributed by atoms with Gasteiger partial charge in [0.1, 0.15) is 0 Å². The molecule has 1 unspecified atom stereocenters. The lowest BCUT2D eigenvalue weighted by Crippen LogP contribution is -2.01. The van der Waals surface area contributed by atoms with E-state index in [-0.39, 0.29) is 5.44 Å². The molecule has 1 rings (SSSR count). The number of benzene rings is 1. The fourth-order valence-electron chi connectivity index (χ4n) is 1.24. The zero-order valence-electron chi connectivity index (χ0n) is 7.94. The molecule has 1 nitrogen and oxygen atoms in total. The molecule has 0 saturated heterocycles. The Kier molecular flexibility index (Phi) is 4.94. The van der Waals surface area contributed by atoms with E-state index < -0.39 is 0 Å². The van der Waals surface area contributed by atoms with Gasteiger partial charge in [0.05, 0.1) is 5.44 Å². The van der Waals surface area contributed by atoms with Crippen LogP contribution >= 0.6 is 12.6 Å². The van der Waals surface area contributed by atoms with Gasteiger partial charge in [-0.05, 0) is 24.8 Å². The van der Waals surface area contributed by atoms with Crippen molar-refractivity contribution in [3.8, 4) is 0 Å². The number of hydrogen-bond donors (Lipinski definition) is 1. The first-order valence-corrected chi connectivity index (χ1v) is 5.09. The third-order valence-corrected chi connectivity index (χ3v) is 2.50. The monoisotopic (exact) mass is 196 g/mol. The minimum Gasteiger partial charge on any atom is -0.371 e. The zero-order valence-corrected chi connectivity index (χ0v) is 8.84. The van der Waals surface area contributed by atoms with Gasteiger partial charge in [0.25, 0.3) is 0 Å². The van der Waals surface area contributed by atoms with Gasteiger partial charge in [0.2, 0.25) is 0 Å². The molecule has 1 aromatic rings. The number of thiol groups is 1. The first kappa shape index (κ1) is 10.6. The van der Waals surface area contributed by atoms with Crippen molar-refractivity contribution in [1.29, 1.82) is 0 Å². The number of ether oxygens (including phenoxy) is 1. The smallest absolute Gasteiger partial charge is 0.0995 e. The highest BCUT2D eigenvalue weighted by Gasteiger charge is 1.99. The van der Waals surface area contributed by atoms with E-state index in [0.717, 1.165) is 19.3 Å². The second-order valence-corrected chi connectivity index (χ2v) is 3.64. The van der Waals surface area contributed by atoms with Gasteiger partial charge in [-0.3, -0.25) is 0 Å². The quantitative estimate of drug-likeness (QED) is 0.563. The number of methoxy groups -OCH3 is 1. The lowest BCUT2D eigenvalue weighted by atomic mass is 10.1. The van der Waals surface area contributed by atoms with E-state index >= 15 is 0 Å². The van der Waals surface area contributed by atoms with Crippen molar-refractivity contribution in [3.05, 3.63) is 35.9 Å². The van der Waals surface area contributed by atoms with Crippen LogP contribution < -0.4 is 0 Å². The molecule has 0 aliphatic rings. The Bertz CT molecular complexity index is 223. The first-order chi connectivity index (χ1) is 6.33. The molecule has 13 heavy (non-hydrogen) atoms. The molecular weight excluding hydrogens is 180 g/mol. The molecule has 0 amide bonds. The molecule has 1 aromatic carbocycles. The number of aryl methyl sites for hydroxylation is 1. The Labute approximate surface area is 85.5 Å². The van der Waals surface area contributed by atoms with Crippen molar-refractivity contribution in [1.82, 2.24) is 0 Å². The molecule has 2 heteroatoms. The van der Waals surface area contributed by atoms with E-state index in [1.54, 1.807) is 7.11 Å². The largest absolute Gasteiger partial charge is 0.371 e. The van der Waals surface area contributed by atoms with Gasteiger partial charge in [0, 0.05) is 7.11 Å². The molecule has 0 aromatic heterocycles. The summed E-state index contributed by atoms with van der Waals surface area (Å²) in [6.45, 7) is 0. The normalized spacial score (nSPS) is 12.8. The van der Waals surface area contributed by atoms with Gasteiger partial charge in [-0.2, -0.15) is 0 Å². The molecular formula is C11H16OS. The van der Waals surface area contributed by atoms with E-state index in [0.29, 0.717) is 0 Å². The van der Waals surface area contributed by atoms with Crippen LogP contribution in [0.5, 0.6) is 0 Å². The predicted octanol–water partition coefficient (Wildman–Crippen LogP) is 2.91. The maximum Gasteiger partial charge on any atom is 0.0995 e. The maximum atomic E-state index is 5.05. The highest BCUT2D eigenvalue weighted by molar-refractivity contribution is 7.80. The van der Waals surface area contributed by atoms with Crippen LogP contribution in [-0.4, -0.2) is 12.5 Å². The van der Waals surface area contributed by atoms with Gasteiger partial charge >= 0.3 is 0 Å². The van der Waals surface area contributed by atoms with Crippen LogP contribution in [0.3, 0.4) is 0 Å². The van der Waals surface area contributed by atoms with E-state index in [2.05, 4.69) is 36.9 Å². The molecule has 0 N–H and O–H groups in total. The summed E-state index contributed by atoms with van der Waals surface area (Å²) in [4.78, 5) is 0. The van der Waals surface area contributed by atoms with Crippen LogP contribution in [0.4, 0.5) is 0 Å². The Balaban J connectivity index is 2.20. The second-order valence-electron chi connectivity index (χ2n) is 3.07. The van der Waals surface area contributed by atoms with E-state index in [1.165, 1.54) is 5.56 Å². The summed E-state index contributed by atoms with van der Waals surface area (Å²) >= 11 is 4.25. The Morgan fingerprint density at radius 3 is 2.62 bits per heavy atom. The number of rotatable bonds is 5. The van der Waals surface area contributed by atoms with E-state index in [9.17, 15) is 0 Å². The lowest BCUT2D eigenvalue weighted by Gasteiger charge is -2.07. The molecule has 0 aliphatic heterocycles. The van der Waals surface area contributed by atoms with E-state index in [4.69, 9.17) is 4.74 Å². The minimum atomic E-state index is 0.0868. The molecule has 0 heterocycles. The highest BCUT2D eigenvalue weighted by Crippen LogP contribution is 2.09. The summed E-state index contributed by atoms with van der Waals surface area (Å²) in [6.07, 6.45) is 3.25. The van der Waals surface area contributed by atoms with Gasteiger partial charge in [0.15, 0.2) is 0 Å². The van der Waals surface area contributed by atoms with Crippen LogP contribution in [0.15, 0.2) is 30.3 Å². The Morgan fingerprint density at radius 1 is 1.31 bits per heavy atom. The summed E-state index contributed by atoms with van der Waals surface area (Å²) in [7, 11) is 1.69. The van der Waals surface area contributed by atoms with Crippen molar-refractivity contribution in [2.45, 2.75) is 24.7 Å². The molecule has 72 valence electrons. The molecule has 1 atom stereocenters. The third kappa shape index (κ3) is 4.34. The first-order valence-electron chi connectivity index (χ1n) is 4.57. The van der Waals surface area contributed by atoms with Crippen molar-refractivity contribution in [3.63, 3.8) is 0 Å². The SMILES string of the molecule is COC(S)CCCc1ccccc1. The van der Waals surface area contributed by atoms with Gasteiger partial charge in [-0.15, -0.1) is 12.6 Å². The van der Waals surface area contributed by atoms with Crippen LogP contribution in [-0.2, 0) is 11.2 Å². The summed E-state index contributed by atoms with van der Waals surface area (Å²) in [5, 5.41) is 0. The fraction of sp³-hybridized carbons (Fsp3) is 0.455. The topological polar surface area (TPSA) is 9.23 Å².